The van der Waals surface area contributed by atoms with E-state index in [1.54, 1.807) is 13.8 Å². The monoisotopic (exact) mass is 362 g/mol. The first kappa shape index (κ1) is 19.7. The second kappa shape index (κ2) is 7.70. The summed E-state index contributed by atoms with van der Waals surface area (Å²) in [6.45, 7) is 6.67. The molecule has 0 aromatic carbocycles. The topological polar surface area (TPSA) is 89.9 Å². The van der Waals surface area contributed by atoms with Crippen LogP contribution in [0.15, 0.2) is 0 Å². The van der Waals surface area contributed by atoms with Crippen molar-refractivity contribution >= 4 is 16.1 Å². The largest absolute Gasteiger partial charge is 0.462 e. The summed E-state index contributed by atoms with van der Waals surface area (Å²) < 4.78 is 43.5. The normalized spacial score (nSPS) is 27.7. The predicted octanol–water partition coefficient (Wildman–Crippen LogP) is 2.82. The van der Waals surface area contributed by atoms with Crippen LogP contribution in [-0.4, -0.2) is 43.0 Å². The summed E-state index contributed by atoms with van der Waals surface area (Å²) in [6.07, 6.45) is 3.44. The summed E-state index contributed by atoms with van der Waals surface area (Å²) in [5.41, 5.74) is 0. The summed E-state index contributed by atoms with van der Waals surface area (Å²) in [5.74, 6) is -0.632. The molecule has 2 fully saturated rings. The maximum absolute atomic E-state index is 12.8. The standard InChI is InChI=1S/C17H30O6S/c1-4-5-8-17(24(19,20)21,16(18)23-12(2)3)15-11-14(15)13-6-9-22-10-7-13/h12-15H,4-11H2,1-3H3,(H,19,20,21). The van der Waals surface area contributed by atoms with E-state index in [4.69, 9.17) is 9.47 Å². The lowest BCUT2D eigenvalue weighted by molar-refractivity contribution is -0.152. The Kier molecular flexibility index (Phi) is 6.31. The van der Waals surface area contributed by atoms with Crippen molar-refractivity contribution in [1.29, 1.82) is 0 Å². The van der Waals surface area contributed by atoms with Gasteiger partial charge in [-0.25, -0.2) is 0 Å². The van der Waals surface area contributed by atoms with Crippen LogP contribution in [0.4, 0.5) is 0 Å². The molecule has 1 aliphatic heterocycles. The molecule has 1 saturated carbocycles. The van der Waals surface area contributed by atoms with Crippen molar-refractivity contribution in [3.05, 3.63) is 0 Å². The third-order valence-corrected chi connectivity index (χ3v) is 6.95. The average molecular weight is 362 g/mol. The third kappa shape index (κ3) is 3.94. The summed E-state index contributed by atoms with van der Waals surface area (Å²) in [7, 11) is -4.56. The lowest BCUT2D eigenvalue weighted by atomic mass is 9.87. The molecule has 24 heavy (non-hydrogen) atoms. The van der Waals surface area contributed by atoms with Gasteiger partial charge in [0, 0.05) is 13.2 Å². The minimum absolute atomic E-state index is 0.123. The molecular weight excluding hydrogens is 332 g/mol. The van der Waals surface area contributed by atoms with Crippen LogP contribution in [0.3, 0.4) is 0 Å². The fourth-order valence-electron chi connectivity index (χ4n) is 4.03. The highest BCUT2D eigenvalue weighted by Gasteiger charge is 2.66. The lowest BCUT2D eigenvalue weighted by Crippen LogP contribution is -2.51. The van der Waals surface area contributed by atoms with E-state index in [0.29, 0.717) is 32.0 Å². The number of ether oxygens (including phenoxy) is 2. The van der Waals surface area contributed by atoms with E-state index in [0.717, 1.165) is 19.3 Å². The number of rotatable bonds is 8. The Morgan fingerprint density at radius 3 is 2.46 bits per heavy atom. The van der Waals surface area contributed by atoms with Crippen molar-refractivity contribution in [1.82, 2.24) is 0 Å². The number of carbonyl (C=O) groups excluding carboxylic acids is 1. The summed E-state index contributed by atoms with van der Waals surface area (Å²) >= 11 is 0. The zero-order valence-electron chi connectivity index (χ0n) is 14.9. The van der Waals surface area contributed by atoms with Crippen molar-refractivity contribution < 1.29 is 27.2 Å². The number of hydrogen-bond donors (Lipinski definition) is 1. The van der Waals surface area contributed by atoms with E-state index in [-0.39, 0.29) is 18.3 Å². The molecule has 0 bridgehead atoms. The van der Waals surface area contributed by atoms with Crippen molar-refractivity contribution in [2.45, 2.75) is 70.1 Å². The van der Waals surface area contributed by atoms with Gasteiger partial charge in [0.05, 0.1) is 6.10 Å². The molecule has 140 valence electrons. The number of carbonyl (C=O) groups is 1. The van der Waals surface area contributed by atoms with E-state index in [9.17, 15) is 17.8 Å². The fraction of sp³-hybridized carbons (Fsp3) is 0.941. The van der Waals surface area contributed by atoms with Gasteiger partial charge in [-0.2, -0.15) is 8.42 Å². The van der Waals surface area contributed by atoms with Gasteiger partial charge < -0.3 is 9.47 Å². The van der Waals surface area contributed by atoms with Gasteiger partial charge >= 0.3 is 5.97 Å². The summed E-state index contributed by atoms with van der Waals surface area (Å²) in [6, 6.07) is 0. The molecule has 1 N–H and O–H groups in total. The number of unbranched alkanes of at least 4 members (excludes halogenated alkanes) is 1. The molecule has 0 aromatic rings. The first-order valence-electron chi connectivity index (χ1n) is 9.00. The molecule has 6 nitrogen and oxygen atoms in total. The number of hydrogen-bond acceptors (Lipinski definition) is 5. The van der Waals surface area contributed by atoms with Crippen molar-refractivity contribution in [2.24, 2.45) is 17.8 Å². The highest BCUT2D eigenvalue weighted by Crippen LogP contribution is 2.57. The van der Waals surface area contributed by atoms with Crippen LogP contribution in [-0.2, 0) is 24.4 Å². The molecule has 2 aliphatic rings. The average Bonchev–Trinajstić information content (AvgIpc) is 3.27. The quantitative estimate of drug-likeness (QED) is 0.527. The molecule has 0 aromatic heterocycles. The maximum Gasteiger partial charge on any atom is 0.330 e. The molecule has 2 rings (SSSR count). The van der Waals surface area contributed by atoms with Crippen molar-refractivity contribution in [3.63, 3.8) is 0 Å². The Bertz CT molecular complexity index is 537. The van der Waals surface area contributed by atoms with Gasteiger partial charge in [-0.3, -0.25) is 9.35 Å². The molecule has 1 heterocycles. The van der Waals surface area contributed by atoms with Crippen LogP contribution in [0.25, 0.3) is 0 Å². The Balaban J connectivity index is 2.29. The smallest absolute Gasteiger partial charge is 0.330 e. The highest BCUT2D eigenvalue weighted by atomic mass is 32.2. The Morgan fingerprint density at radius 2 is 1.96 bits per heavy atom. The van der Waals surface area contributed by atoms with Crippen LogP contribution >= 0.6 is 0 Å². The predicted molar refractivity (Wildman–Crippen MR) is 90.2 cm³/mol. The number of esters is 1. The van der Waals surface area contributed by atoms with E-state index in [2.05, 4.69) is 0 Å². The molecule has 3 atom stereocenters. The first-order chi connectivity index (χ1) is 11.2. The SMILES string of the molecule is CCCCC(C(=O)OC(C)C)(C1CC1C1CCOCC1)S(=O)(=O)O. The molecule has 0 amide bonds. The van der Waals surface area contributed by atoms with Gasteiger partial charge in [0.25, 0.3) is 10.1 Å². The second-order valence-electron chi connectivity index (χ2n) is 7.38. The van der Waals surface area contributed by atoms with Gasteiger partial charge in [0.1, 0.15) is 0 Å². The summed E-state index contributed by atoms with van der Waals surface area (Å²) in [5, 5.41) is 0. The molecule has 0 spiro atoms. The van der Waals surface area contributed by atoms with Crippen molar-refractivity contribution in [3.8, 4) is 0 Å². The minimum atomic E-state index is -4.56. The van der Waals surface area contributed by atoms with Crippen molar-refractivity contribution in [2.75, 3.05) is 13.2 Å². The van der Waals surface area contributed by atoms with E-state index >= 15 is 0 Å². The van der Waals surface area contributed by atoms with Crippen LogP contribution in [0, 0.1) is 17.8 Å². The van der Waals surface area contributed by atoms with Gasteiger partial charge in [0.2, 0.25) is 0 Å². The Labute approximate surface area is 145 Å². The van der Waals surface area contributed by atoms with Crippen LogP contribution in [0.2, 0.25) is 0 Å². The van der Waals surface area contributed by atoms with Gasteiger partial charge in [0.15, 0.2) is 4.75 Å². The summed E-state index contributed by atoms with van der Waals surface area (Å²) in [4.78, 5) is 12.8. The zero-order valence-corrected chi connectivity index (χ0v) is 15.7. The zero-order chi connectivity index (χ0) is 18.0. The fourth-order valence-corrected chi connectivity index (χ4v) is 5.35. The molecule has 1 saturated heterocycles. The van der Waals surface area contributed by atoms with Gasteiger partial charge in [-0.15, -0.1) is 0 Å². The molecular formula is C17H30O6S. The maximum atomic E-state index is 12.8. The third-order valence-electron chi connectivity index (χ3n) is 5.36. The van der Waals surface area contributed by atoms with E-state index < -0.39 is 26.9 Å². The Morgan fingerprint density at radius 1 is 1.33 bits per heavy atom. The van der Waals surface area contributed by atoms with Crippen LogP contribution in [0.1, 0.15) is 59.3 Å². The highest BCUT2D eigenvalue weighted by molar-refractivity contribution is 7.88. The molecule has 0 radical (unpaired) electrons. The first-order valence-corrected chi connectivity index (χ1v) is 10.4. The minimum Gasteiger partial charge on any atom is -0.462 e. The van der Waals surface area contributed by atoms with Gasteiger partial charge in [-0.05, 0) is 57.3 Å². The molecule has 7 heteroatoms. The van der Waals surface area contributed by atoms with Crippen LogP contribution < -0.4 is 0 Å². The lowest BCUT2D eigenvalue weighted by Gasteiger charge is -2.31. The molecule has 3 unspecified atom stereocenters. The van der Waals surface area contributed by atoms with Gasteiger partial charge in [-0.1, -0.05) is 19.8 Å². The second-order valence-corrected chi connectivity index (χ2v) is 9.06. The van der Waals surface area contributed by atoms with E-state index in [1.165, 1.54) is 0 Å². The molecule has 1 aliphatic carbocycles. The van der Waals surface area contributed by atoms with Crippen LogP contribution in [0.5, 0.6) is 0 Å². The Hall–Kier alpha value is -0.660. The van der Waals surface area contributed by atoms with E-state index in [1.807, 2.05) is 6.92 Å².